The highest BCUT2D eigenvalue weighted by atomic mass is 32.2. The Morgan fingerprint density at radius 3 is 2.40 bits per heavy atom. The third-order valence-electron chi connectivity index (χ3n) is 1.72. The van der Waals surface area contributed by atoms with Crippen molar-refractivity contribution in [3.05, 3.63) is 0 Å². The molecule has 0 saturated carbocycles. The molecule has 0 aromatic heterocycles. The molecule has 1 saturated heterocycles. The quantitative estimate of drug-likeness (QED) is 0.372. The lowest BCUT2D eigenvalue weighted by Gasteiger charge is -2.09. The molecule has 7 heteroatoms. The molecule has 1 aliphatic heterocycles. The summed E-state index contributed by atoms with van der Waals surface area (Å²) < 4.78 is 0. The van der Waals surface area contributed by atoms with Gasteiger partial charge in [0.15, 0.2) is 5.17 Å². The standard InChI is InChI=1S/C8H14N4O2S/c1-11(2)7(13)9-6(15-3)10-8(14)12-4-5-12/h4-5H2,1-3H3,(H,9,10,13,14). The first-order valence-corrected chi connectivity index (χ1v) is 5.67. The summed E-state index contributed by atoms with van der Waals surface area (Å²) in [5.41, 5.74) is 0. The molecule has 0 aliphatic carbocycles. The van der Waals surface area contributed by atoms with Gasteiger partial charge >= 0.3 is 12.1 Å². The van der Waals surface area contributed by atoms with Crippen LogP contribution in [0.2, 0.25) is 0 Å². The normalized spacial score (nSPS) is 14.9. The second-order valence-electron chi connectivity index (χ2n) is 3.22. The molecule has 0 unspecified atom stereocenters. The van der Waals surface area contributed by atoms with E-state index in [4.69, 9.17) is 0 Å². The molecule has 0 aromatic rings. The number of aliphatic imine (C=N–C) groups is 1. The van der Waals surface area contributed by atoms with E-state index >= 15 is 0 Å². The zero-order chi connectivity index (χ0) is 11.4. The fourth-order valence-corrected chi connectivity index (χ4v) is 1.09. The zero-order valence-corrected chi connectivity index (χ0v) is 9.80. The van der Waals surface area contributed by atoms with Crippen LogP contribution in [0.1, 0.15) is 0 Å². The first-order valence-electron chi connectivity index (χ1n) is 4.44. The Kier molecular flexibility index (Phi) is 3.96. The maximum Gasteiger partial charge on any atom is 0.345 e. The number of amides is 4. The minimum Gasteiger partial charge on any atom is -0.329 e. The molecule has 0 aromatic carbocycles. The van der Waals surface area contributed by atoms with Gasteiger partial charge in [-0.3, -0.25) is 5.32 Å². The number of carbonyl (C=O) groups is 2. The van der Waals surface area contributed by atoms with Crippen LogP contribution in [0.4, 0.5) is 9.59 Å². The summed E-state index contributed by atoms with van der Waals surface area (Å²) in [5, 5.41) is 2.89. The fourth-order valence-electron chi connectivity index (χ4n) is 0.735. The van der Waals surface area contributed by atoms with E-state index in [2.05, 4.69) is 10.3 Å². The Balaban J connectivity index is 2.53. The first kappa shape index (κ1) is 11.8. The van der Waals surface area contributed by atoms with E-state index in [1.165, 1.54) is 16.7 Å². The number of thioether (sulfide) groups is 1. The van der Waals surface area contributed by atoms with Crippen LogP contribution in [0.15, 0.2) is 4.99 Å². The summed E-state index contributed by atoms with van der Waals surface area (Å²) in [6, 6.07) is -0.583. The van der Waals surface area contributed by atoms with Crippen LogP contribution in [0.25, 0.3) is 0 Å². The molecule has 1 aliphatic rings. The van der Waals surface area contributed by atoms with E-state index in [0.717, 1.165) is 13.1 Å². The van der Waals surface area contributed by atoms with Crippen molar-refractivity contribution in [2.24, 2.45) is 4.99 Å². The van der Waals surface area contributed by atoms with Gasteiger partial charge in [-0.1, -0.05) is 11.8 Å². The van der Waals surface area contributed by atoms with E-state index < -0.39 is 0 Å². The van der Waals surface area contributed by atoms with E-state index in [0.29, 0.717) is 5.17 Å². The molecule has 6 nitrogen and oxygen atoms in total. The Hall–Kier alpha value is -1.24. The van der Waals surface area contributed by atoms with Gasteiger partial charge in [-0.2, -0.15) is 4.99 Å². The van der Waals surface area contributed by atoms with Crippen molar-refractivity contribution in [3.63, 3.8) is 0 Å². The van der Waals surface area contributed by atoms with Gasteiger partial charge in [-0.05, 0) is 6.26 Å². The third kappa shape index (κ3) is 3.78. The summed E-state index contributed by atoms with van der Waals surface area (Å²) in [5.74, 6) is 0. The van der Waals surface area contributed by atoms with Gasteiger partial charge < -0.3 is 9.80 Å². The number of rotatable bonds is 0. The van der Waals surface area contributed by atoms with Crippen molar-refractivity contribution in [2.75, 3.05) is 33.4 Å². The lowest BCUT2D eigenvalue weighted by Crippen LogP contribution is -2.33. The summed E-state index contributed by atoms with van der Waals surface area (Å²) in [4.78, 5) is 29.3. The van der Waals surface area contributed by atoms with Gasteiger partial charge in [-0.15, -0.1) is 0 Å². The van der Waals surface area contributed by atoms with Crippen molar-refractivity contribution >= 4 is 29.0 Å². The molecule has 1 heterocycles. The minimum absolute atomic E-state index is 0.199. The van der Waals surface area contributed by atoms with Crippen molar-refractivity contribution in [3.8, 4) is 0 Å². The van der Waals surface area contributed by atoms with Gasteiger partial charge in [0.2, 0.25) is 0 Å². The van der Waals surface area contributed by atoms with Crippen molar-refractivity contribution in [2.45, 2.75) is 0 Å². The highest BCUT2D eigenvalue weighted by molar-refractivity contribution is 8.13. The van der Waals surface area contributed by atoms with Crippen molar-refractivity contribution < 1.29 is 9.59 Å². The van der Waals surface area contributed by atoms with Gasteiger partial charge in [-0.25, -0.2) is 9.59 Å². The molecule has 84 valence electrons. The Morgan fingerprint density at radius 1 is 1.40 bits per heavy atom. The lowest BCUT2D eigenvalue weighted by atomic mass is 10.8. The van der Waals surface area contributed by atoms with Gasteiger partial charge in [0.1, 0.15) is 0 Å². The molecule has 1 rings (SSSR count). The van der Waals surface area contributed by atoms with Gasteiger partial charge in [0.05, 0.1) is 0 Å². The molecule has 1 fully saturated rings. The van der Waals surface area contributed by atoms with E-state index in [9.17, 15) is 9.59 Å². The van der Waals surface area contributed by atoms with Crippen LogP contribution in [0, 0.1) is 0 Å². The average Bonchev–Trinajstić information content (AvgIpc) is 2.99. The molecular formula is C8H14N4O2S. The van der Waals surface area contributed by atoms with E-state index in [1.807, 2.05) is 0 Å². The van der Waals surface area contributed by atoms with Crippen LogP contribution in [-0.2, 0) is 0 Å². The van der Waals surface area contributed by atoms with Crippen LogP contribution in [-0.4, -0.2) is 60.5 Å². The third-order valence-corrected chi connectivity index (χ3v) is 2.30. The predicted molar refractivity (Wildman–Crippen MR) is 60.1 cm³/mol. The monoisotopic (exact) mass is 230 g/mol. The first-order chi connectivity index (χ1) is 7.04. The van der Waals surface area contributed by atoms with Crippen molar-refractivity contribution in [1.29, 1.82) is 0 Å². The number of amidine groups is 1. The smallest absolute Gasteiger partial charge is 0.329 e. The van der Waals surface area contributed by atoms with Gasteiger partial charge in [0.25, 0.3) is 0 Å². The lowest BCUT2D eigenvalue weighted by molar-refractivity contribution is 0.227. The summed E-state index contributed by atoms with van der Waals surface area (Å²) in [6.45, 7) is 1.55. The molecule has 0 spiro atoms. The number of hydrogen-bond donors (Lipinski definition) is 1. The molecule has 0 radical (unpaired) electrons. The Labute approximate surface area is 92.7 Å². The molecule has 15 heavy (non-hydrogen) atoms. The second kappa shape index (κ2) is 5.01. The van der Waals surface area contributed by atoms with Crippen LogP contribution in [0.5, 0.6) is 0 Å². The average molecular weight is 230 g/mol. The van der Waals surface area contributed by atoms with Crippen LogP contribution >= 0.6 is 11.8 Å². The Morgan fingerprint density at radius 2 is 2.00 bits per heavy atom. The number of nitrogens with one attached hydrogen (secondary N) is 1. The van der Waals surface area contributed by atoms with Gasteiger partial charge in [0, 0.05) is 27.2 Å². The highest BCUT2D eigenvalue weighted by Gasteiger charge is 2.24. The SMILES string of the molecule is CSC(=NC(=O)N(C)C)NC(=O)N1CC1. The minimum atomic E-state index is -0.384. The summed E-state index contributed by atoms with van der Waals surface area (Å²) >= 11 is 1.23. The summed E-state index contributed by atoms with van der Waals surface area (Å²) in [7, 11) is 3.21. The van der Waals surface area contributed by atoms with Crippen molar-refractivity contribution in [1.82, 2.24) is 15.1 Å². The van der Waals surface area contributed by atoms with E-state index in [-0.39, 0.29) is 12.1 Å². The van der Waals surface area contributed by atoms with Crippen LogP contribution < -0.4 is 5.32 Å². The number of nitrogens with zero attached hydrogens (tertiary/aromatic N) is 3. The zero-order valence-electron chi connectivity index (χ0n) is 8.98. The van der Waals surface area contributed by atoms with E-state index in [1.54, 1.807) is 25.3 Å². The predicted octanol–water partition coefficient (Wildman–Crippen LogP) is 0.412. The summed E-state index contributed by atoms with van der Waals surface area (Å²) in [6.07, 6.45) is 1.75. The molecule has 0 bridgehead atoms. The number of carbonyl (C=O) groups excluding carboxylic acids is 2. The van der Waals surface area contributed by atoms with Crippen LogP contribution in [0.3, 0.4) is 0 Å². The molecular weight excluding hydrogens is 216 g/mol. The number of hydrogen-bond acceptors (Lipinski definition) is 3. The maximum atomic E-state index is 11.3. The molecule has 0 atom stereocenters. The second-order valence-corrected chi connectivity index (χ2v) is 4.01. The topological polar surface area (TPSA) is 64.8 Å². The number of urea groups is 2. The fraction of sp³-hybridized carbons (Fsp3) is 0.625. The molecule has 1 N–H and O–H groups in total. The Bertz CT molecular complexity index is 299. The molecule has 4 amide bonds. The largest absolute Gasteiger partial charge is 0.345 e. The maximum absolute atomic E-state index is 11.3. The highest BCUT2D eigenvalue weighted by Crippen LogP contribution is 2.05.